The predicted octanol–water partition coefficient (Wildman–Crippen LogP) is 2.42. The van der Waals surface area contributed by atoms with Gasteiger partial charge in [0.05, 0.1) is 11.8 Å². The smallest absolute Gasteiger partial charge is 0.237 e. The summed E-state index contributed by atoms with van der Waals surface area (Å²) < 4.78 is 0. The Balaban J connectivity index is 1.54. The number of carbonyl (C=O) groups excluding carboxylic acids is 2. The van der Waals surface area contributed by atoms with Crippen molar-refractivity contribution in [2.24, 2.45) is 0 Å². The van der Waals surface area contributed by atoms with Gasteiger partial charge in [0.2, 0.25) is 11.8 Å². The van der Waals surface area contributed by atoms with Gasteiger partial charge in [-0.25, -0.2) is 0 Å². The summed E-state index contributed by atoms with van der Waals surface area (Å²) in [5, 5.41) is 6.11. The molecular formula is C20H29N3O2S. The van der Waals surface area contributed by atoms with Gasteiger partial charge < -0.3 is 10.6 Å². The van der Waals surface area contributed by atoms with E-state index in [1.807, 2.05) is 37.3 Å². The van der Waals surface area contributed by atoms with Crippen LogP contribution >= 0.6 is 11.8 Å². The third-order valence-electron chi connectivity index (χ3n) is 5.26. The lowest BCUT2D eigenvalue weighted by Crippen LogP contribution is -2.47. The largest absolute Gasteiger partial charge is 0.355 e. The summed E-state index contributed by atoms with van der Waals surface area (Å²) in [5.74, 6) is 0.567. The van der Waals surface area contributed by atoms with Crippen LogP contribution < -0.4 is 10.6 Å². The molecule has 1 aliphatic carbocycles. The Bertz CT molecular complexity index is 604. The van der Waals surface area contributed by atoms with Gasteiger partial charge in [-0.1, -0.05) is 31.0 Å². The average molecular weight is 376 g/mol. The zero-order valence-electron chi connectivity index (χ0n) is 15.4. The molecule has 2 aliphatic rings. The molecule has 3 rings (SSSR count). The second-order valence-corrected chi connectivity index (χ2v) is 8.20. The number of likely N-dealkylation sites (N-methyl/N-ethyl adjacent to an activating group) is 1. The minimum absolute atomic E-state index is 0.0479. The van der Waals surface area contributed by atoms with Crippen LogP contribution in [0.3, 0.4) is 0 Å². The van der Waals surface area contributed by atoms with E-state index < -0.39 is 0 Å². The summed E-state index contributed by atoms with van der Waals surface area (Å²) in [4.78, 5) is 28.3. The Morgan fingerprint density at radius 2 is 1.92 bits per heavy atom. The Labute approximate surface area is 160 Å². The zero-order chi connectivity index (χ0) is 18.4. The standard InChI is InChI=1S/C20H29N3O2S/c1-2-21-20(25)18-12-15(13-23(18)16-8-6-7-9-16)22-19(24)14-26-17-10-4-3-5-11-17/h3-5,10-11,15-16,18H,2,6-9,12-14H2,1H3,(H,21,25)(H,22,24)/t15-,18-/m0/s1. The molecule has 2 atom stereocenters. The molecule has 26 heavy (non-hydrogen) atoms. The molecule has 0 unspecified atom stereocenters. The first-order valence-electron chi connectivity index (χ1n) is 9.68. The van der Waals surface area contributed by atoms with Crippen LogP contribution in [0.2, 0.25) is 0 Å². The van der Waals surface area contributed by atoms with E-state index >= 15 is 0 Å². The topological polar surface area (TPSA) is 61.4 Å². The van der Waals surface area contributed by atoms with Crippen molar-refractivity contribution in [2.75, 3.05) is 18.8 Å². The van der Waals surface area contributed by atoms with Crippen molar-refractivity contribution in [3.8, 4) is 0 Å². The SMILES string of the molecule is CCNC(=O)[C@@H]1C[C@H](NC(=O)CSc2ccccc2)CN1C1CCCC1. The molecule has 142 valence electrons. The van der Waals surface area contributed by atoms with Crippen molar-refractivity contribution in [1.82, 2.24) is 15.5 Å². The summed E-state index contributed by atoms with van der Waals surface area (Å²) in [7, 11) is 0. The van der Waals surface area contributed by atoms with Crippen LogP contribution in [-0.2, 0) is 9.59 Å². The van der Waals surface area contributed by atoms with Gasteiger partial charge >= 0.3 is 0 Å². The summed E-state index contributed by atoms with van der Waals surface area (Å²) in [6, 6.07) is 10.4. The second-order valence-electron chi connectivity index (χ2n) is 7.15. The fourth-order valence-corrected chi connectivity index (χ4v) is 4.82. The fourth-order valence-electron chi connectivity index (χ4n) is 4.09. The Morgan fingerprint density at radius 3 is 2.62 bits per heavy atom. The van der Waals surface area contributed by atoms with Crippen molar-refractivity contribution in [1.29, 1.82) is 0 Å². The van der Waals surface area contributed by atoms with E-state index in [-0.39, 0.29) is 23.9 Å². The van der Waals surface area contributed by atoms with Crippen molar-refractivity contribution < 1.29 is 9.59 Å². The van der Waals surface area contributed by atoms with E-state index in [0.29, 0.717) is 24.8 Å². The number of nitrogens with one attached hydrogen (secondary N) is 2. The van der Waals surface area contributed by atoms with Crippen LogP contribution in [0.1, 0.15) is 39.0 Å². The molecule has 1 aliphatic heterocycles. The molecule has 1 aromatic rings. The van der Waals surface area contributed by atoms with Crippen LogP contribution in [0.15, 0.2) is 35.2 Å². The van der Waals surface area contributed by atoms with Crippen LogP contribution in [0.5, 0.6) is 0 Å². The molecule has 0 radical (unpaired) electrons. The summed E-state index contributed by atoms with van der Waals surface area (Å²) in [5.41, 5.74) is 0. The van der Waals surface area contributed by atoms with Gasteiger partial charge in [-0.15, -0.1) is 11.8 Å². The van der Waals surface area contributed by atoms with Gasteiger partial charge in [0.25, 0.3) is 0 Å². The third kappa shape index (κ3) is 5.01. The molecule has 2 amide bonds. The fraction of sp³-hybridized carbons (Fsp3) is 0.600. The average Bonchev–Trinajstić information content (AvgIpc) is 3.30. The molecule has 5 nitrogen and oxygen atoms in total. The van der Waals surface area contributed by atoms with Crippen molar-refractivity contribution in [3.63, 3.8) is 0 Å². The molecule has 0 aromatic heterocycles. The van der Waals surface area contributed by atoms with Gasteiger partial charge in [0.1, 0.15) is 0 Å². The maximum absolute atomic E-state index is 12.5. The highest BCUT2D eigenvalue weighted by Gasteiger charge is 2.41. The number of amides is 2. The predicted molar refractivity (Wildman–Crippen MR) is 105 cm³/mol. The van der Waals surface area contributed by atoms with Gasteiger partial charge in [0.15, 0.2) is 0 Å². The first kappa shape index (κ1) is 19.2. The zero-order valence-corrected chi connectivity index (χ0v) is 16.3. The number of carbonyl (C=O) groups is 2. The summed E-state index contributed by atoms with van der Waals surface area (Å²) in [6.07, 6.45) is 5.53. The summed E-state index contributed by atoms with van der Waals surface area (Å²) >= 11 is 1.55. The van der Waals surface area contributed by atoms with Gasteiger partial charge in [0, 0.05) is 30.1 Å². The summed E-state index contributed by atoms with van der Waals surface area (Å²) in [6.45, 7) is 3.39. The van der Waals surface area contributed by atoms with Crippen molar-refractivity contribution in [3.05, 3.63) is 30.3 Å². The lowest BCUT2D eigenvalue weighted by atomic mass is 10.1. The molecule has 0 spiro atoms. The number of likely N-dealkylation sites (tertiary alicyclic amines) is 1. The molecule has 0 bridgehead atoms. The first-order chi connectivity index (χ1) is 12.7. The molecule has 1 heterocycles. The van der Waals surface area contributed by atoms with Crippen LogP contribution in [-0.4, -0.2) is 53.7 Å². The maximum Gasteiger partial charge on any atom is 0.237 e. The van der Waals surface area contributed by atoms with E-state index in [1.165, 1.54) is 25.7 Å². The number of hydrogen-bond donors (Lipinski definition) is 2. The molecule has 2 N–H and O–H groups in total. The molecule has 1 saturated carbocycles. The van der Waals surface area contributed by atoms with Crippen LogP contribution in [0.25, 0.3) is 0 Å². The second kappa shape index (κ2) is 9.42. The van der Waals surface area contributed by atoms with Crippen molar-refractivity contribution >= 4 is 23.6 Å². The number of nitrogens with zero attached hydrogens (tertiary/aromatic N) is 1. The van der Waals surface area contributed by atoms with E-state index in [2.05, 4.69) is 15.5 Å². The molecule has 2 fully saturated rings. The van der Waals surface area contributed by atoms with Crippen LogP contribution in [0.4, 0.5) is 0 Å². The highest BCUT2D eigenvalue weighted by Crippen LogP contribution is 2.30. The third-order valence-corrected chi connectivity index (χ3v) is 6.28. The number of hydrogen-bond acceptors (Lipinski definition) is 4. The highest BCUT2D eigenvalue weighted by atomic mass is 32.2. The minimum Gasteiger partial charge on any atom is -0.355 e. The minimum atomic E-state index is -0.106. The van der Waals surface area contributed by atoms with Crippen molar-refractivity contribution in [2.45, 2.75) is 62.0 Å². The molecule has 6 heteroatoms. The lowest BCUT2D eigenvalue weighted by Gasteiger charge is -2.29. The van der Waals surface area contributed by atoms with E-state index in [1.54, 1.807) is 11.8 Å². The van der Waals surface area contributed by atoms with Crippen LogP contribution in [0, 0.1) is 0 Å². The number of benzene rings is 1. The monoisotopic (exact) mass is 375 g/mol. The highest BCUT2D eigenvalue weighted by molar-refractivity contribution is 8.00. The normalized spacial score (nSPS) is 23.9. The lowest BCUT2D eigenvalue weighted by molar-refractivity contribution is -0.126. The van der Waals surface area contributed by atoms with E-state index in [0.717, 1.165) is 11.4 Å². The Hall–Kier alpha value is -1.53. The van der Waals surface area contributed by atoms with Gasteiger partial charge in [-0.05, 0) is 38.3 Å². The van der Waals surface area contributed by atoms with E-state index in [9.17, 15) is 9.59 Å². The molecular weight excluding hydrogens is 346 g/mol. The first-order valence-corrected chi connectivity index (χ1v) is 10.7. The van der Waals surface area contributed by atoms with Gasteiger partial charge in [-0.3, -0.25) is 14.5 Å². The molecule has 1 aromatic carbocycles. The quantitative estimate of drug-likeness (QED) is 0.719. The van der Waals surface area contributed by atoms with E-state index in [4.69, 9.17) is 0 Å². The Morgan fingerprint density at radius 1 is 1.19 bits per heavy atom. The molecule has 1 saturated heterocycles. The number of thioether (sulfide) groups is 1. The number of rotatable bonds is 7. The van der Waals surface area contributed by atoms with Gasteiger partial charge in [-0.2, -0.15) is 0 Å². The maximum atomic E-state index is 12.5. The Kier molecular flexibility index (Phi) is 6.97.